The predicted molar refractivity (Wildman–Crippen MR) is 68.8 cm³/mol. The van der Waals surface area contributed by atoms with Crippen molar-refractivity contribution in [2.24, 2.45) is 23.1 Å². The van der Waals surface area contributed by atoms with E-state index < -0.39 is 0 Å². The smallest absolute Gasteiger partial charge is 0.00489 e. The van der Waals surface area contributed by atoms with Gasteiger partial charge in [0.05, 0.1) is 0 Å². The Labute approximate surface area is 94.1 Å². The van der Waals surface area contributed by atoms with E-state index in [-0.39, 0.29) is 18.5 Å². The predicted octanol–water partition coefficient (Wildman–Crippen LogP) is 0.915. The van der Waals surface area contributed by atoms with Gasteiger partial charge in [-0.2, -0.15) is 0 Å². The Morgan fingerprint density at radius 3 is 1.53 bits per heavy atom. The van der Waals surface area contributed by atoms with Crippen molar-refractivity contribution in [3.05, 3.63) is 0 Å². The zero-order chi connectivity index (χ0) is 9.23. The van der Waals surface area contributed by atoms with Gasteiger partial charge in [0.2, 0.25) is 0 Å². The molecule has 0 fully saturated rings. The van der Waals surface area contributed by atoms with E-state index in [1.807, 2.05) is 0 Å². The fourth-order valence-corrected chi connectivity index (χ4v) is 1.36. The summed E-state index contributed by atoms with van der Waals surface area (Å²) in [5.74, 6) is 0.667. The molecule has 0 saturated carbocycles. The van der Waals surface area contributed by atoms with Gasteiger partial charge in [0.15, 0.2) is 0 Å². The van der Waals surface area contributed by atoms with E-state index >= 15 is 0 Å². The van der Waals surface area contributed by atoms with Crippen LogP contribution in [0.1, 0.15) is 32.1 Å². The van der Waals surface area contributed by atoms with Gasteiger partial charge in [-0.15, -0.1) is 0 Å². The molecule has 0 aliphatic rings. The molecule has 6 heteroatoms. The summed E-state index contributed by atoms with van der Waals surface area (Å²) in [6.07, 6.45) is 5.83. The standard InChI is InChI=1S/C9H23N3.3H3N/c10-6-2-1-4-9(8-12)5-3-7-11;;;/h9H,1-8,10-12H2;3*1H3. The summed E-state index contributed by atoms with van der Waals surface area (Å²) in [5, 5.41) is 0. The molecule has 0 aromatic carbocycles. The van der Waals surface area contributed by atoms with Crippen LogP contribution in [0.25, 0.3) is 0 Å². The molecule has 0 aromatic rings. The molecule has 0 bridgehead atoms. The van der Waals surface area contributed by atoms with E-state index in [1.165, 1.54) is 19.3 Å². The van der Waals surface area contributed by atoms with E-state index in [9.17, 15) is 0 Å². The van der Waals surface area contributed by atoms with E-state index in [2.05, 4.69) is 0 Å². The monoisotopic (exact) mass is 224 g/mol. The highest BCUT2D eigenvalue weighted by molar-refractivity contribution is 4.60. The molecule has 1 atom stereocenters. The van der Waals surface area contributed by atoms with Gasteiger partial charge in [-0.3, -0.25) is 0 Å². The fourth-order valence-electron chi connectivity index (χ4n) is 1.36. The molecule has 0 amide bonds. The van der Waals surface area contributed by atoms with Crippen molar-refractivity contribution in [1.82, 2.24) is 18.5 Å². The lowest BCUT2D eigenvalue weighted by atomic mass is 9.97. The lowest BCUT2D eigenvalue weighted by Gasteiger charge is -2.13. The summed E-state index contributed by atoms with van der Waals surface area (Å²) < 4.78 is 0. The molecule has 0 rings (SSSR count). The number of unbranched alkanes of at least 4 members (excludes halogenated alkanes) is 1. The molecule has 0 aliphatic carbocycles. The minimum absolute atomic E-state index is 0. The minimum Gasteiger partial charge on any atom is -0.344 e. The van der Waals surface area contributed by atoms with Crippen molar-refractivity contribution in [3.63, 3.8) is 0 Å². The Morgan fingerprint density at radius 2 is 1.13 bits per heavy atom. The van der Waals surface area contributed by atoms with E-state index in [4.69, 9.17) is 17.2 Å². The Hall–Kier alpha value is -0.240. The molecule has 98 valence electrons. The molecular formula is C9H32N6. The molecular weight excluding hydrogens is 192 g/mol. The van der Waals surface area contributed by atoms with Crippen molar-refractivity contribution < 1.29 is 0 Å². The normalized spacial score (nSPS) is 10.6. The van der Waals surface area contributed by atoms with Crippen LogP contribution in [0.4, 0.5) is 0 Å². The van der Waals surface area contributed by atoms with Crippen LogP contribution in [0.3, 0.4) is 0 Å². The van der Waals surface area contributed by atoms with Crippen LogP contribution in [0, 0.1) is 5.92 Å². The Kier molecular flexibility index (Phi) is 31.1. The zero-order valence-corrected chi connectivity index (χ0v) is 10.1. The van der Waals surface area contributed by atoms with Crippen LogP contribution in [0.5, 0.6) is 0 Å². The SMILES string of the molecule is N.N.N.NCCCCC(CN)CCCN. The van der Waals surface area contributed by atoms with Gasteiger partial charge < -0.3 is 35.7 Å². The molecule has 15 N–H and O–H groups in total. The fraction of sp³-hybridized carbons (Fsp3) is 1.00. The van der Waals surface area contributed by atoms with Crippen molar-refractivity contribution in [2.45, 2.75) is 32.1 Å². The molecule has 0 spiro atoms. The maximum absolute atomic E-state index is 5.62. The van der Waals surface area contributed by atoms with Gasteiger partial charge in [-0.25, -0.2) is 0 Å². The van der Waals surface area contributed by atoms with Crippen molar-refractivity contribution >= 4 is 0 Å². The molecule has 0 aromatic heterocycles. The van der Waals surface area contributed by atoms with Gasteiger partial charge in [0, 0.05) is 0 Å². The largest absolute Gasteiger partial charge is 0.344 e. The third kappa shape index (κ3) is 16.4. The highest BCUT2D eigenvalue weighted by atomic mass is 14.6. The van der Waals surface area contributed by atoms with E-state index in [1.54, 1.807) is 0 Å². The van der Waals surface area contributed by atoms with Crippen molar-refractivity contribution in [1.29, 1.82) is 0 Å². The lowest BCUT2D eigenvalue weighted by molar-refractivity contribution is 0.431. The molecule has 0 aliphatic heterocycles. The summed E-state index contributed by atoms with van der Waals surface area (Å²) in [6.45, 7) is 2.38. The van der Waals surface area contributed by atoms with E-state index in [0.29, 0.717) is 5.92 Å². The molecule has 15 heavy (non-hydrogen) atoms. The maximum atomic E-state index is 5.62. The Balaban J connectivity index is -0.000000202. The minimum atomic E-state index is 0. The van der Waals surface area contributed by atoms with Crippen LogP contribution in [0.2, 0.25) is 0 Å². The first-order valence-electron chi connectivity index (χ1n) is 4.95. The van der Waals surface area contributed by atoms with Gasteiger partial charge in [0.1, 0.15) is 0 Å². The number of hydrogen-bond donors (Lipinski definition) is 6. The highest BCUT2D eigenvalue weighted by Gasteiger charge is 2.04. The first-order chi connectivity index (χ1) is 5.85. The molecule has 6 nitrogen and oxygen atoms in total. The first kappa shape index (κ1) is 24.1. The lowest BCUT2D eigenvalue weighted by Crippen LogP contribution is -2.16. The first-order valence-corrected chi connectivity index (χ1v) is 4.95. The third-order valence-corrected chi connectivity index (χ3v) is 2.22. The van der Waals surface area contributed by atoms with Gasteiger partial charge >= 0.3 is 0 Å². The van der Waals surface area contributed by atoms with Crippen LogP contribution in [-0.4, -0.2) is 19.6 Å². The zero-order valence-electron chi connectivity index (χ0n) is 10.1. The third-order valence-electron chi connectivity index (χ3n) is 2.22. The molecule has 0 heterocycles. The summed E-state index contributed by atoms with van der Waals surface area (Å²) in [4.78, 5) is 0. The highest BCUT2D eigenvalue weighted by Crippen LogP contribution is 2.12. The summed E-state index contributed by atoms with van der Waals surface area (Å²) in [6, 6.07) is 0. The average Bonchev–Trinajstić information content (AvgIpc) is 2.11. The van der Waals surface area contributed by atoms with Gasteiger partial charge in [-0.1, -0.05) is 6.42 Å². The van der Waals surface area contributed by atoms with Crippen molar-refractivity contribution in [3.8, 4) is 0 Å². The van der Waals surface area contributed by atoms with Gasteiger partial charge in [0.25, 0.3) is 0 Å². The second kappa shape index (κ2) is 19.4. The summed E-state index contributed by atoms with van der Waals surface area (Å²) >= 11 is 0. The topological polar surface area (TPSA) is 183 Å². The molecule has 0 saturated heterocycles. The number of hydrogen-bond acceptors (Lipinski definition) is 6. The van der Waals surface area contributed by atoms with Crippen LogP contribution in [0.15, 0.2) is 0 Å². The second-order valence-corrected chi connectivity index (χ2v) is 3.32. The summed E-state index contributed by atoms with van der Waals surface area (Å²) in [7, 11) is 0. The molecule has 1 unspecified atom stereocenters. The molecule has 0 radical (unpaired) electrons. The quantitative estimate of drug-likeness (QED) is 0.333. The van der Waals surface area contributed by atoms with Gasteiger partial charge in [-0.05, 0) is 51.2 Å². The summed E-state index contributed by atoms with van der Waals surface area (Å²) in [5.41, 5.74) is 16.5. The number of rotatable bonds is 8. The van der Waals surface area contributed by atoms with Crippen molar-refractivity contribution in [2.75, 3.05) is 19.6 Å². The van der Waals surface area contributed by atoms with Crippen LogP contribution in [-0.2, 0) is 0 Å². The van der Waals surface area contributed by atoms with Crippen LogP contribution >= 0.6 is 0 Å². The maximum Gasteiger partial charge on any atom is -0.00489 e. The van der Waals surface area contributed by atoms with E-state index in [0.717, 1.165) is 32.5 Å². The second-order valence-electron chi connectivity index (χ2n) is 3.32. The average molecular weight is 224 g/mol. The Morgan fingerprint density at radius 1 is 0.667 bits per heavy atom. The Bertz CT molecular complexity index is 90.7. The number of nitrogens with two attached hydrogens (primary N) is 3. The van der Waals surface area contributed by atoms with Crippen LogP contribution < -0.4 is 35.7 Å².